The third-order valence-corrected chi connectivity index (χ3v) is 5.95. The first-order valence-corrected chi connectivity index (χ1v) is 11.6. The first-order chi connectivity index (χ1) is 16.9. The van der Waals surface area contributed by atoms with Crippen LogP contribution < -0.4 is 10.1 Å². The minimum atomic E-state index is -0.996. The Bertz CT molecular complexity index is 1150. The molecule has 1 fully saturated rings. The van der Waals surface area contributed by atoms with E-state index < -0.39 is 29.7 Å². The van der Waals surface area contributed by atoms with Crippen LogP contribution in [-0.2, 0) is 25.7 Å². The van der Waals surface area contributed by atoms with Crippen LogP contribution in [0.1, 0.15) is 64.8 Å². The van der Waals surface area contributed by atoms with Gasteiger partial charge in [0, 0.05) is 12.8 Å². The van der Waals surface area contributed by atoms with Crippen molar-refractivity contribution in [3.8, 4) is 5.75 Å². The summed E-state index contributed by atoms with van der Waals surface area (Å²) in [6, 6.07) is 13.1. The Labute approximate surface area is 202 Å². The fraction of sp³-hybridized carbons (Fsp3) is 0.346. The van der Waals surface area contributed by atoms with Crippen LogP contribution in [0, 0.1) is 0 Å². The third-order valence-electron chi connectivity index (χ3n) is 5.95. The molecule has 9 heteroatoms. The lowest BCUT2D eigenvalue weighted by molar-refractivity contribution is -0.145. The number of nitrogens with zero attached hydrogens (tertiary/aromatic N) is 1. The van der Waals surface area contributed by atoms with Gasteiger partial charge in [0.05, 0.1) is 17.7 Å². The smallest absolute Gasteiger partial charge is 0.306 e. The second-order valence-electron chi connectivity index (χ2n) is 8.46. The van der Waals surface area contributed by atoms with E-state index in [0.717, 1.165) is 16.9 Å². The van der Waals surface area contributed by atoms with Crippen molar-refractivity contribution in [3.63, 3.8) is 0 Å². The standard InChI is InChI=1S/C26H26N2O7/c29-22-13-12-21(24(31)27-22)28-25(32)19-11-10-18(15-20(19)26(28)33)34-14-6-2-5-9-23(30)35-16-17-7-3-1-4-8-17/h1,3-4,7-8,10-11,15,21H,2,5-6,9,12-14,16H2,(H,27,29,31). The molecule has 2 aromatic rings. The number of fused-ring (bicyclic) bond motifs is 1. The number of unbranched alkanes of at least 4 members (excludes halogenated alkanes) is 2. The molecular weight excluding hydrogens is 452 g/mol. The lowest BCUT2D eigenvalue weighted by Crippen LogP contribution is -2.54. The van der Waals surface area contributed by atoms with E-state index in [0.29, 0.717) is 31.6 Å². The van der Waals surface area contributed by atoms with Crippen LogP contribution in [0.3, 0.4) is 0 Å². The van der Waals surface area contributed by atoms with Gasteiger partial charge < -0.3 is 9.47 Å². The lowest BCUT2D eigenvalue weighted by Gasteiger charge is -2.27. The maximum atomic E-state index is 12.8. The van der Waals surface area contributed by atoms with Crippen molar-refractivity contribution in [2.75, 3.05) is 6.61 Å². The molecule has 0 saturated carbocycles. The molecule has 0 aromatic heterocycles. The predicted octanol–water partition coefficient (Wildman–Crippen LogP) is 2.77. The zero-order valence-electron chi connectivity index (χ0n) is 19.2. The summed E-state index contributed by atoms with van der Waals surface area (Å²) in [5.74, 6) is -1.97. The minimum absolute atomic E-state index is 0.0723. The number of piperidine rings is 1. The number of hydrogen-bond donors (Lipinski definition) is 1. The van der Waals surface area contributed by atoms with Crippen LogP contribution in [-0.4, -0.2) is 47.1 Å². The number of esters is 1. The van der Waals surface area contributed by atoms with Crippen molar-refractivity contribution in [2.45, 2.75) is 51.2 Å². The van der Waals surface area contributed by atoms with Crippen LogP contribution >= 0.6 is 0 Å². The van der Waals surface area contributed by atoms with Crippen molar-refractivity contribution >= 4 is 29.6 Å². The maximum Gasteiger partial charge on any atom is 0.306 e. The van der Waals surface area contributed by atoms with Gasteiger partial charge in [0.15, 0.2) is 0 Å². The van der Waals surface area contributed by atoms with Crippen LogP contribution in [0.5, 0.6) is 5.75 Å². The molecule has 1 unspecified atom stereocenters. The normalized spacial score (nSPS) is 17.3. The highest BCUT2D eigenvalue weighted by Crippen LogP contribution is 2.30. The van der Waals surface area contributed by atoms with E-state index in [2.05, 4.69) is 5.32 Å². The summed E-state index contributed by atoms with van der Waals surface area (Å²) < 4.78 is 11.0. The van der Waals surface area contributed by atoms with Gasteiger partial charge in [0.1, 0.15) is 18.4 Å². The number of benzene rings is 2. The molecule has 182 valence electrons. The Morgan fingerprint density at radius 2 is 1.71 bits per heavy atom. The molecule has 9 nitrogen and oxygen atoms in total. The highest BCUT2D eigenvalue weighted by atomic mass is 16.5. The maximum absolute atomic E-state index is 12.8. The van der Waals surface area contributed by atoms with Gasteiger partial charge in [-0.05, 0) is 49.4 Å². The Kier molecular flexibility index (Phi) is 7.54. The van der Waals surface area contributed by atoms with Crippen molar-refractivity contribution in [2.24, 2.45) is 0 Å². The van der Waals surface area contributed by atoms with Gasteiger partial charge in [0.25, 0.3) is 11.8 Å². The molecule has 0 radical (unpaired) electrons. The van der Waals surface area contributed by atoms with Crippen LogP contribution in [0.15, 0.2) is 48.5 Å². The number of hydrogen-bond acceptors (Lipinski definition) is 7. The average Bonchev–Trinajstić information content (AvgIpc) is 3.10. The van der Waals surface area contributed by atoms with Gasteiger partial charge in [-0.25, -0.2) is 0 Å². The van der Waals surface area contributed by atoms with Gasteiger partial charge in [-0.3, -0.25) is 34.2 Å². The number of imide groups is 2. The van der Waals surface area contributed by atoms with Crippen molar-refractivity contribution in [1.82, 2.24) is 10.2 Å². The minimum Gasteiger partial charge on any atom is -0.494 e. The molecular formula is C26H26N2O7. The highest BCUT2D eigenvalue weighted by Gasteiger charge is 2.44. The predicted molar refractivity (Wildman–Crippen MR) is 123 cm³/mol. The molecule has 4 amide bonds. The number of rotatable bonds is 10. The Hall–Kier alpha value is -4.01. The molecule has 1 saturated heterocycles. The Morgan fingerprint density at radius 3 is 2.49 bits per heavy atom. The third kappa shape index (κ3) is 5.74. The van der Waals surface area contributed by atoms with Gasteiger partial charge in [-0.1, -0.05) is 30.3 Å². The topological polar surface area (TPSA) is 119 Å². The summed E-state index contributed by atoms with van der Waals surface area (Å²) in [7, 11) is 0. The largest absolute Gasteiger partial charge is 0.494 e. The summed E-state index contributed by atoms with van der Waals surface area (Å²) in [5, 5.41) is 2.17. The van der Waals surface area contributed by atoms with Crippen molar-refractivity contribution < 1.29 is 33.4 Å². The van der Waals surface area contributed by atoms with E-state index in [9.17, 15) is 24.0 Å². The fourth-order valence-corrected chi connectivity index (χ4v) is 4.09. The number of ether oxygens (including phenoxy) is 2. The molecule has 1 N–H and O–H groups in total. The Morgan fingerprint density at radius 1 is 0.943 bits per heavy atom. The molecule has 4 rings (SSSR count). The lowest BCUT2D eigenvalue weighted by atomic mass is 10.0. The molecule has 2 aliphatic rings. The molecule has 2 aromatic carbocycles. The van der Waals surface area contributed by atoms with E-state index in [1.807, 2.05) is 30.3 Å². The summed E-state index contributed by atoms with van der Waals surface area (Å²) in [6.07, 6.45) is 2.67. The average molecular weight is 479 g/mol. The summed E-state index contributed by atoms with van der Waals surface area (Å²) in [4.78, 5) is 61.9. The van der Waals surface area contributed by atoms with Gasteiger partial charge >= 0.3 is 5.97 Å². The van der Waals surface area contributed by atoms with E-state index in [4.69, 9.17) is 9.47 Å². The van der Waals surface area contributed by atoms with Gasteiger partial charge in [-0.2, -0.15) is 0 Å². The van der Waals surface area contributed by atoms with Crippen molar-refractivity contribution in [1.29, 1.82) is 0 Å². The molecule has 0 bridgehead atoms. The molecule has 2 heterocycles. The second-order valence-corrected chi connectivity index (χ2v) is 8.46. The number of carbonyl (C=O) groups is 5. The molecule has 1 atom stereocenters. The van der Waals surface area contributed by atoms with Crippen LogP contribution in [0.25, 0.3) is 0 Å². The zero-order chi connectivity index (χ0) is 24.8. The van der Waals surface area contributed by atoms with Crippen molar-refractivity contribution in [3.05, 3.63) is 65.2 Å². The van der Waals surface area contributed by atoms with E-state index >= 15 is 0 Å². The molecule has 0 aliphatic carbocycles. The van der Waals surface area contributed by atoms with E-state index in [-0.39, 0.29) is 36.5 Å². The summed E-state index contributed by atoms with van der Waals surface area (Å²) >= 11 is 0. The molecule has 35 heavy (non-hydrogen) atoms. The Balaban J connectivity index is 1.20. The van der Waals surface area contributed by atoms with E-state index in [1.54, 1.807) is 6.07 Å². The van der Waals surface area contributed by atoms with E-state index in [1.165, 1.54) is 12.1 Å². The number of nitrogens with one attached hydrogen (secondary N) is 1. The fourth-order valence-electron chi connectivity index (χ4n) is 4.09. The number of amides is 4. The highest BCUT2D eigenvalue weighted by molar-refractivity contribution is 6.23. The zero-order valence-corrected chi connectivity index (χ0v) is 19.2. The molecule has 2 aliphatic heterocycles. The van der Waals surface area contributed by atoms with Crippen LogP contribution in [0.4, 0.5) is 0 Å². The second kappa shape index (κ2) is 10.9. The SMILES string of the molecule is O=C1CCC(N2C(=O)c3ccc(OCCCCCC(=O)OCc4ccccc4)cc3C2=O)C(=O)N1. The first-order valence-electron chi connectivity index (χ1n) is 11.6. The monoisotopic (exact) mass is 478 g/mol. The quantitative estimate of drug-likeness (QED) is 0.317. The number of carbonyl (C=O) groups excluding carboxylic acids is 5. The summed E-state index contributed by atoms with van der Waals surface area (Å²) in [5.41, 5.74) is 1.34. The first kappa shape index (κ1) is 24.1. The van der Waals surface area contributed by atoms with Crippen LogP contribution in [0.2, 0.25) is 0 Å². The molecule has 0 spiro atoms. The van der Waals surface area contributed by atoms with Gasteiger partial charge in [-0.15, -0.1) is 0 Å². The van der Waals surface area contributed by atoms with Gasteiger partial charge in [0.2, 0.25) is 11.8 Å². The summed E-state index contributed by atoms with van der Waals surface area (Å²) in [6.45, 7) is 0.653.